The van der Waals surface area contributed by atoms with Gasteiger partial charge in [-0.15, -0.1) is 0 Å². The molecule has 0 radical (unpaired) electrons. The maximum Gasteiger partial charge on any atom is 0.284 e. The third kappa shape index (κ3) is 4.43. The SMILES string of the molecule is COc1nc(C)c(NC(=O)/C(F)=C/c2ccc3cnn(C4CCCCO4)c3c2F)c(C)c1Cl. The van der Waals surface area contributed by atoms with Crippen molar-refractivity contribution in [2.75, 3.05) is 19.0 Å². The summed E-state index contributed by atoms with van der Waals surface area (Å²) in [5.41, 5.74) is 1.27. The van der Waals surface area contributed by atoms with Crippen LogP contribution in [0.1, 0.15) is 42.3 Å². The molecule has 174 valence electrons. The molecular formula is C23H23ClF2N4O3. The normalized spacial score (nSPS) is 16.8. The fraction of sp³-hybridized carbons (Fsp3) is 0.348. The van der Waals surface area contributed by atoms with Crippen molar-refractivity contribution in [3.8, 4) is 5.88 Å². The molecule has 7 nitrogen and oxygen atoms in total. The van der Waals surface area contributed by atoms with Crippen LogP contribution in [0.3, 0.4) is 0 Å². The van der Waals surface area contributed by atoms with Crippen LogP contribution in [-0.2, 0) is 9.53 Å². The number of aromatic nitrogens is 3. The number of fused-ring (bicyclic) bond motifs is 1. The van der Waals surface area contributed by atoms with E-state index in [0.29, 0.717) is 29.7 Å². The second-order valence-corrected chi connectivity index (χ2v) is 8.16. The predicted molar refractivity (Wildman–Crippen MR) is 122 cm³/mol. The lowest BCUT2D eigenvalue weighted by molar-refractivity contribution is -0.114. The first-order valence-electron chi connectivity index (χ1n) is 10.5. The number of carbonyl (C=O) groups is 1. The lowest BCUT2D eigenvalue weighted by Gasteiger charge is -2.23. The first kappa shape index (κ1) is 23.1. The number of methoxy groups -OCH3 is 1. The summed E-state index contributed by atoms with van der Waals surface area (Å²) in [4.78, 5) is 16.7. The third-order valence-electron chi connectivity index (χ3n) is 5.61. The summed E-state index contributed by atoms with van der Waals surface area (Å²) in [5.74, 6) is -2.69. The number of pyridine rings is 1. The van der Waals surface area contributed by atoms with E-state index in [9.17, 15) is 9.18 Å². The summed E-state index contributed by atoms with van der Waals surface area (Å²) in [7, 11) is 1.42. The van der Waals surface area contributed by atoms with Crippen LogP contribution in [0.5, 0.6) is 5.88 Å². The van der Waals surface area contributed by atoms with Gasteiger partial charge < -0.3 is 14.8 Å². The van der Waals surface area contributed by atoms with E-state index in [0.717, 1.165) is 18.9 Å². The second-order valence-electron chi connectivity index (χ2n) is 7.78. The van der Waals surface area contributed by atoms with Crippen LogP contribution in [0.2, 0.25) is 5.02 Å². The Morgan fingerprint density at radius 1 is 1.36 bits per heavy atom. The van der Waals surface area contributed by atoms with Crippen LogP contribution in [-0.4, -0.2) is 34.4 Å². The Labute approximate surface area is 194 Å². The van der Waals surface area contributed by atoms with E-state index in [-0.39, 0.29) is 33.9 Å². The average Bonchev–Trinajstić information content (AvgIpc) is 3.26. The number of hydrogen-bond donors (Lipinski definition) is 1. The van der Waals surface area contributed by atoms with Gasteiger partial charge in [0.05, 0.1) is 24.7 Å². The molecule has 1 saturated heterocycles. The van der Waals surface area contributed by atoms with E-state index >= 15 is 4.39 Å². The molecule has 0 bridgehead atoms. The molecule has 3 aromatic rings. The highest BCUT2D eigenvalue weighted by atomic mass is 35.5. The number of anilines is 1. The van der Waals surface area contributed by atoms with Crippen LogP contribution in [0.15, 0.2) is 24.2 Å². The number of carbonyl (C=O) groups excluding carboxylic acids is 1. The summed E-state index contributed by atoms with van der Waals surface area (Å²) in [6, 6.07) is 3.03. The minimum Gasteiger partial charge on any atom is -0.480 e. The molecule has 33 heavy (non-hydrogen) atoms. The number of ether oxygens (including phenoxy) is 2. The van der Waals surface area contributed by atoms with E-state index in [1.807, 2.05) is 0 Å². The second kappa shape index (κ2) is 9.44. The molecule has 10 heteroatoms. The number of halogens is 3. The highest BCUT2D eigenvalue weighted by Gasteiger charge is 2.22. The molecule has 1 N–H and O–H groups in total. The quantitative estimate of drug-likeness (QED) is 0.492. The Hall–Kier alpha value is -3.04. The number of hydrogen-bond acceptors (Lipinski definition) is 5. The molecule has 1 unspecified atom stereocenters. The first-order valence-corrected chi connectivity index (χ1v) is 10.9. The van der Waals surface area contributed by atoms with Gasteiger partial charge in [0, 0.05) is 17.6 Å². The molecule has 0 aliphatic carbocycles. The lowest BCUT2D eigenvalue weighted by atomic mass is 10.1. The van der Waals surface area contributed by atoms with Gasteiger partial charge >= 0.3 is 0 Å². The number of nitrogens with one attached hydrogen (secondary N) is 1. The zero-order chi connectivity index (χ0) is 23.7. The minimum absolute atomic E-state index is 0.0768. The molecular weight excluding hydrogens is 454 g/mol. The smallest absolute Gasteiger partial charge is 0.284 e. The molecule has 1 atom stereocenters. The van der Waals surface area contributed by atoms with Crippen molar-refractivity contribution < 1.29 is 23.0 Å². The molecule has 1 aliphatic heterocycles. The van der Waals surface area contributed by atoms with E-state index in [2.05, 4.69) is 15.4 Å². The van der Waals surface area contributed by atoms with Crippen LogP contribution >= 0.6 is 11.6 Å². The Morgan fingerprint density at radius 3 is 2.85 bits per heavy atom. The largest absolute Gasteiger partial charge is 0.480 e. The topological polar surface area (TPSA) is 78.3 Å². The molecule has 3 heterocycles. The number of rotatable bonds is 5. The van der Waals surface area contributed by atoms with Gasteiger partial charge in [-0.25, -0.2) is 18.4 Å². The van der Waals surface area contributed by atoms with Crippen molar-refractivity contribution in [1.82, 2.24) is 14.8 Å². The lowest BCUT2D eigenvalue weighted by Crippen LogP contribution is -2.19. The summed E-state index contributed by atoms with van der Waals surface area (Å²) in [6.07, 6.45) is 4.62. The third-order valence-corrected chi connectivity index (χ3v) is 6.06. The van der Waals surface area contributed by atoms with Crippen LogP contribution in [0.25, 0.3) is 17.0 Å². The van der Waals surface area contributed by atoms with Gasteiger partial charge in [-0.2, -0.15) is 5.10 Å². The highest BCUT2D eigenvalue weighted by Crippen LogP contribution is 2.34. The highest BCUT2D eigenvalue weighted by molar-refractivity contribution is 6.33. The van der Waals surface area contributed by atoms with Gasteiger partial charge in [-0.1, -0.05) is 23.7 Å². The van der Waals surface area contributed by atoms with E-state index in [1.165, 1.54) is 17.9 Å². The number of benzene rings is 1. The van der Waals surface area contributed by atoms with Crippen LogP contribution in [0, 0.1) is 19.7 Å². The molecule has 1 aliphatic rings. The average molecular weight is 477 g/mol. The Balaban J connectivity index is 1.64. The number of aryl methyl sites for hydroxylation is 1. The van der Waals surface area contributed by atoms with E-state index < -0.39 is 17.6 Å². The Kier molecular flexibility index (Phi) is 6.62. The first-order chi connectivity index (χ1) is 15.8. The van der Waals surface area contributed by atoms with Gasteiger partial charge in [0.2, 0.25) is 5.88 Å². The summed E-state index contributed by atoms with van der Waals surface area (Å²) in [6.45, 7) is 3.86. The molecule has 4 rings (SSSR count). The van der Waals surface area contributed by atoms with Gasteiger partial charge in [-0.05, 0) is 44.7 Å². The van der Waals surface area contributed by atoms with Crippen LogP contribution in [0.4, 0.5) is 14.5 Å². The monoisotopic (exact) mass is 476 g/mol. The molecule has 1 fully saturated rings. The van der Waals surface area contributed by atoms with Crippen molar-refractivity contribution in [2.45, 2.75) is 39.3 Å². The Morgan fingerprint density at radius 2 is 2.15 bits per heavy atom. The van der Waals surface area contributed by atoms with Crippen molar-refractivity contribution in [1.29, 1.82) is 0 Å². The van der Waals surface area contributed by atoms with E-state index in [1.54, 1.807) is 26.1 Å². The molecule has 0 saturated carbocycles. The fourth-order valence-corrected chi connectivity index (χ4v) is 4.07. The van der Waals surface area contributed by atoms with E-state index in [4.69, 9.17) is 21.1 Å². The standard InChI is InChI=1S/C23H23ClF2N4O3/c1-12-18(24)23(32-3)28-13(2)20(12)29-22(31)16(25)10-14-7-8-15-11-27-30(21(15)19(14)26)17-6-4-5-9-33-17/h7-8,10-11,17H,4-6,9H2,1-3H3,(H,29,31)/b16-10-. The van der Waals surface area contributed by atoms with Gasteiger partial charge in [0.25, 0.3) is 5.91 Å². The number of nitrogens with zero attached hydrogens (tertiary/aromatic N) is 3. The molecule has 1 amide bonds. The number of amides is 1. The zero-order valence-corrected chi connectivity index (χ0v) is 19.2. The predicted octanol–water partition coefficient (Wildman–Crippen LogP) is 5.50. The van der Waals surface area contributed by atoms with Crippen LogP contribution < -0.4 is 10.1 Å². The Bertz CT molecular complexity index is 1250. The van der Waals surface area contributed by atoms with Gasteiger partial charge in [-0.3, -0.25) is 4.79 Å². The fourth-order valence-electron chi connectivity index (χ4n) is 3.85. The maximum atomic E-state index is 15.3. The molecule has 1 aromatic carbocycles. The minimum atomic E-state index is -1.17. The van der Waals surface area contributed by atoms with Gasteiger partial charge in [0.1, 0.15) is 10.5 Å². The van der Waals surface area contributed by atoms with Crippen molar-refractivity contribution >= 4 is 40.2 Å². The van der Waals surface area contributed by atoms with Crippen molar-refractivity contribution in [3.63, 3.8) is 0 Å². The summed E-state index contributed by atoms with van der Waals surface area (Å²) in [5, 5.41) is 7.49. The zero-order valence-electron chi connectivity index (χ0n) is 18.4. The molecule has 2 aromatic heterocycles. The molecule has 0 spiro atoms. The summed E-state index contributed by atoms with van der Waals surface area (Å²) < 4.78 is 42.4. The van der Waals surface area contributed by atoms with Gasteiger partial charge in [0.15, 0.2) is 17.9 Å². The van der Waals surface area contributed by atoms with Crippen molar-refractivity contribution in [3.05, 3.63) is 51.8 Å². The summed E-state index contributed by atoms with van der Waals surface area (Å²) >= 11 is 6.19. The van der Waals surface area contributed by atoms with Crippen molar-refractivity contribution in [2.24, 2.45) is 0 Å². The maximum absolute atomic E-state index is 15.3.